The van der Waals surface area contributed by atoms with Gasteiger partial charge in [-0.25, -0.2) is 8.42 Å². The Morgan fingerprint density at radius 3 is 2.26 bits per heavy atom. The van der Waals surface area contributed by atoms with Crippen LogP contribution in [-0.4, -0.2) is 33.7 Å². The second-order valence-corrected chi connectivity index (χ2v) is 8.52. The molecule has 1 amide bonds. The zero-order valence-electron chi connectivity index (χ0n) is 13.5. The number of rotatable bonds is 8. The molecule has 0 unspecified atom stereocenters. The van der Waals surface area contributed by atoms with Gasteiger partial charge in [-0.2, -0.15) is 0 Å². The van der Waals surface area contributed by atoms with Crippen molar-refractivity contribution in [1.29, 1.82) is 0 Å². The number of sulfonamides is 1. The van der Waals surface area contributed by atoms with Gasteiger partial charge in [0.15, 0.2) is 0 Å². The van der Waals surface area contributed by atoms with Crippen LogP contribution in [0.1, 0.15) is 26.7 Å². The van der Waals surface area contributed by atoms with Crippen molar-refractivity contribution < 1.29 is 13.2 Å². The summed E-state index contributed by atoms with van der Waals surface area (Å²) in [6, 6.07) is 4.53. The fourth-order valence-electron chi connectivity index (χ4n) is 1.96. The summed E-state index contributed by atoms with van der Waals surface area (Å²) < 4.78 is 25.1. The molecule has 0 radical (unpaired) electrons. The Balaban J connectivity index is 2.76. The van der Waals surface area contributed by atoms with Crippen molar-refractivity contribution in [3.8, 4) is 0 Å². The molecule has 1 N–H and O–H groups in total. The minimum absolute atomic E-state index is 0.0308. The van der Waals surface area contributed by atoms with E-state index in [1.807, 2.05) is 0 Å². The van der Waals surface area contributed by atoms with Gasteiger partial charge < -0.3 is 5.32 Å². The lowest BCUT2D eigenvalue weighted by Crippen LogP contribution is -2.35. The van der Waals surface area contributed by atoms with E-state index in [2.05, 4.69) is 19.2 Å². The van der Waals surface area contributed by atoms with Crippen molar-refractivity contribution >= 4 is 44.8 Å². The molecule has 0 aromatic heterocycles. The molecule has 0 heterocycles. The highest BCUT2D eigenvalue weighted by molar-refractivity contribution is 7.92. The van der Waals surface area contributed by atoms with Crippen LogP contribution in [0.2, 0.25) is 10.0 Å². The van der Waals surface area contributed by atoms with Gasteiger partial charge >= 0.3 is 0 Å². The summed E-state index contributed by atoms with van der Waals surface area (Å²) >= 11 is 11.8. The number of anilines is 1. The fourth-order valence-corrected chi connectivity index (χ4v) is 3.39. The fraction of sp³-hybridized carbons (Fsp3) is 0.533. The van der Waals surface area contributed by atoms with Crippen molar-refractivity contribution in [3.63, 3.8) is 0 Å². The maximum atomic E-state index is 12.0. The molecule has 1 aromatic rings. The average Bonchev–Trinajstić information content (AvgIpc) is 2.35. The highest BCUT2D eigenvalue weighted by atomic mass is 35.5. The van der Waals surface area contributed by atoms with Gasteiger partial charge in [-0.05, 0) is 30.5 Å². The minimum atomic E-state index is -3.55. The van der Waals surface area contributed by atoms with Gasteiger partial charge in [0.25, 0.3) is 0 Å². The number of benzene rings is 1. The van der Waals surface area contributed by atoms with E-state index in [4.69, 9.17) is 23.2 Å². The summed E-state index contributed by atoms with van der Waals surface area (Å²) in [4.78, 5) is 11.8. The predicted molar refractivity (Wildman–Crippen MR) is 95.7 cm³/mol. The Hall–Kier alpha value is -0.980. The smallest absolute Gasteiger partial charge is 0.232 e. The van der Waals surface area contributed by atoms with Crippen LogP contribution in [0.15, 0.2) is 18.2 Å². The van der Waals surface area contributed by atoms with E-state index in [1.165, 1.54) is 18.2 Å². The molecule has 8 heteroatoms. The first kappa shape index (κ1) is 20.1. The van der Waals surface area contributed by atoms with E-state index >= 15 is 0 Å². The number of amides is 1. The van der Waals surface area contributed by atoms with Crippen LogP contribution in [0.25, 0.3) is 0 Å². The highest BCUT2D eigenvalue weighted by Crippen LogP contribution is 2.27. The topological polar surface area (TPSA) is 66.5 Å². The first-order valence-electron chi connectivity index (χ1n) is 7.30. The Morgan fingerprint density at radius 2 is 1.78 bits per heavy atom. The van der Waals surface area contributed by atoms with Crippen molar-refractivity contribution in [2.24, 2.45) is 5.92 Å². The quantitative estimate of drug-likeness (QED) is 0.751. The standard InChI is InChI=1S/C15H22Cl2N2O3S/c1-11(2)4-6-18-15(20)5-7-19(23(3,21)22)14-9-12(16)8-13(17)10-14/h8-11H,4-7H2,1-3H3,(H,18,20). The Morgan fingerprint density at radius 1 is 1.22 bits per heavy atom. The number of hydrogen-bond donors (Lipinski definition) is 1. The molecule has 5 nitrogen and oxygen atoms in total. The van der Waals surface area contributed by atoms with E-state index < -0.39 is 10.0 Å². The highest BCUT2D eigenvalue weighted by Gasteiger charge is 2.19. The van der Waals surface area contributed by atoms with Gasteiger partial charge in [-0.1, -0.05) is 37.0 Å². The van der Waals surface area contributed by atoms with E-state index in [0.29, 0.717) is 28.2 Å². The summed E-state index contributed by atoms with van der Waals surface area (Å²) in [5, 5.41) is 3.45. The average molecular weight is 381 g/mol. The summed E-state index contributed by atoms with van der Waals surface area (Å²) in [6.07, 6.45) is 2.03. The summed E-state index contributed by atoms with van der Waals surface area (Å²) in [5.41, 5.74) is 0.347. The largest absolute Gasteiger partial charge is 0.356 e. The third-order valence-corrected chi connectivity index (χ3v) is 4.75. The third kappa shape index (κ3) is 7.42. The van der Waals surface area contributed by atoms with Gasteiger partial charge in [0, 0.05) is 29.6 Å². The van der Waals surface area contributed by atoms with Crippen molar-refractivity contribution in [3.05, 3.63) is 28.2 Å². The molecule has 130 valence electrons. The first-order chi connectivity index (χ1) is 10.6. The summed E-state index contributed by atoms with van der Waals surface area (Å²) in [6.45, 7) is 4.75. The molecular formula is C15H22Cl2N2O3S. The molecule has 0 fully saturated rings. The van der Waals surface area contributed by atoms with E-state index in [9.17, 15) is 13.2 Å². The lowest BCUT2D eigenvalue weighted by atomic mass is 10.1. The van der Waals surface area contributed by atoms with Gasteiger partial charge in [-0.15, -0.1) is 0 Å². The van der Waals surface area contributed by atoms with E-state index in [-0.39, 0.29) is 18.9 Å². The Kier molecular flexibility index (Phi) is 7.64. The van der Waals surface area contributed by atoms with Crippen LogP contribution in [0, 0.1) is 5.92 Å². The second kappa shape index (κ2) is 8.76. The van der Waals surface area contributed by atoms with E-state index in [0.717, 1.165) is 17.0 Å². The number of nitrogens with one attached hydrogen (secondary N) is 1. The maximum absolute atomic E-state index is 12.0. The molecular weight excluding hydrogens is 359 g/mol. The molecule has 0 bridgehead atoms. The van der Waals surface area contributed by atoms with Gasteiger partial charge in [0.1, 0.15) is 0 Å². The molecule has 0 aliphatic heterocycles. The zero-order chi connectivity index (χ0) is 17.6. The van der Waals surface area contributed by atoms with Crippen LogP contribution in [0.3, 0.4) is 0 Å². The van der Waals surface area contributed by atoms with Crippen LogP contribution in [0.5, 0.6) is 0 Å². The van der Waals surface area contributed by atoms with Crippen LogP contribution >= 0.6 is 23.2 Å². The number of halogens is 2. The zero-order valence-corrected chi connectivity index (χ0v) is 15.8. The molecule has 0 saturated carbocycles. The molecule has 1 rings (SSSR count). The van der Waals surface area contributed by atoms with Crippen molar-refractivity contribution in [2.75, 3.05) is 23.7 Å². The van der Waals surface area contributed by atoms with Crippen LogP contribution in [0.4, 0.5) is 5.69 Å². The second-order valence-electron chi connectivity index (χ2n) is 5.75. The molecule has 0 aliphatic rings. The number of carbonyl (C=O) groups is 1. The minimum Gasteiger partial charge on any atom is -0.356 e. The first-order valence-corrected chi connectivity index (χ1v) is 9.90. The van der Waals surface area contributed by atoms with Crippen LogP contribution < -0.4 is 9.62 Å². The van der Waals surface area contributed by atoms with E-state index in [1.54, 1.807) is 0 Å². The normalized spacial score (nSPS) is 11.6. The van der Waals surface area contributed by atoms with Gasteiger partial charge in [-0.3, -0.25) is 9.10 Å². The monoisotopic (exact) mass is 380 g/mol. The molecule has 23 heavy (non-hydrogen) atoms. The Bertz CT molecular complexity index is 628. The molecule has 0 saturated heterocycles. The number of nitrogens with zero attached hydrogens (tertiary/aromatic N) is 1. The maximum Gasteiger partial charge on any atom is 0.232 e. The summed E-state index contributed by atoms with van der Waals surface area (Å²) in [7, 11) is -3.55. The predicted octanol–water partition coefficient (Wildman–Crippen LogP) is 3.31. The molecule has 0 aliphatic carbocycles. The molecule has 0 atom stereocenters. The van der Waals surface area contributed by atoms with Crippen LogP contribution in [-0.2, 0) is 14.8 Å². The number of carbonyl (C=O) groups excluding carboxylic acids is 1. The van der Waals surface area contributed by atoms with Crippen molar-refractivity contribution in [2.45, 2.75) is 26.7 Å². The summed E-state index contributed by atoms with van der Waals surface area (Å²) in [5.74, 6) is 0.309. The van der Waals surface area contributed by atoms with Gasteiger partial charge in [0.05, 0.1) is 11.9 Å². The molecule has 0 spiro atoms. The Labute approximate surface area is 148 Å². The lowest BCUT2D eigenvalue weighted by Gasteiger charge is -2.22. The number of hydrogen-bond acceptors (Lipinski definition) is 3. The van der Waals surface area contributed by atoms with Gasteiger partial charge in [0.2, 0.25) is 15.9 Å². The third-order valence-electron chi connectivity index (χ3n) is 3.12. The SMILES string of the molecule is CC(C)CCNC(=O)CCN(c1cc(Cl)cc(Cl)c1)S(C)(=O)=O. The molecule has 1 aromatic carbocycles. The lowest BCUT2D eigenvalue weighted by molar-refractivity contribution is -0.120. The van der Waals surface area contributed by atoms with Crippen molar-refractivity contribution in [1.82, 2.24) is 5.32 Å².